The van der Waals surface area contributed by atoms with Crippen LogP contribution in [0.25, 0.3) is 0 Å². The lowest BCUT2D eigenvalue weighted by Gasteiger charge is -2.35. The maximum absolute atomic E-state index is 11.9. The summed E-state index contributed by atoms with van der Waals surface area (Å²) in [6.07, 6.45) is 6.10. The van der Waals surface area contributed by atoms with Crippen LogP contribution >= 0.6 is 0 Å². The van der Waals surface area contributed by atoms with Crippen molar-refractivity contribution in [3.8, 4) is 0 Å². The summed E-state index contributed by atoms with van der Waals surface area (Å²) in [4.78, 5) is 14.4. The molecular weight excluding hydrogens is 262 g/mol. The molecule has 2 fully saturated rings. The first kappa shape index (κ1) is 14.4. The van der Waals surface area contributed by atoms with Crippen LogP contribution < -0.4 is 10.6 Å². The number of rotatable bonds is 5. The maximum atomic E-state index is 11.9. The minimum Gasteiger partial charge on any atom is -0.336 e. The van der Waals surface area contributed by atoms with E-state index in [1.807, 2.05) is 6.07 Å². The van der Waals surface area contributed by atoms with Crippen LogP contribution in [0.2, 0.25) is 0 Å². The first-order valence-corrected chi connectivity index (χ1v) is 8.16. The van der Waals surface area contributed by atoms with E-state index in [2.05, 4.69) is 39.8 Å². The molecule has 0 radical (unpaired) electrons. The van der Waals surface area contributed by atoms with Crippen molar-refractivity contribution >= 4 is 6.03 Å². The average Bonchev–Trinajstić information content (AvgIpc) is 3.33. The van der Waals surface area contributed by atoms with Crippen molar-refractivity contribution in [1.82, 2.24) is 15.5 Å². The van der Waals surface area contributed by atoms with Crippen LogP contribution in [0.3, 0.4) is 0 Å². The molecule has 1 aliphatic carbocycles. The Kier molecular flexibility index (Phi) is 4.76. The van der Waals surface area contributed by atoms with Crippen molar-refractivity contribution in [3.63, 3.8) is 0 Å². The zero-order chi connectivity index (χ0) is 14.5. The number of piperidine rings is 1. The molecule has 1 aliphatic heterocycles. The van der Waals surface area contributed by atoms with Gasteiger partial charge >= 0.3 is 6.03 Å². The van der Waals surface area contributed by atoms with Crippen molar-refractivity contribution in [2.24, 2.45) is 0 Å². The van der Waals surface area contributed by atoms with Crippen molar-refractivity contribution in [1.29, 1.82) is 0 Å². The molecule has 1 heterocycles. The van der Waals surface area contributed by atoms with Crippen LogP contribution in [0.15, 0.2) is 30.3 Å². The molecule has 1 unspecified atom stereocenters. The highest BCUT2D eigenvalue weighted by atomic mass is 16.2. The molecule has 1 atom stereocenters. The van der Waals surface area contributed by atoms with Gasteiger partial charge in [0.1, 0.15) is 0 Å². The Balaban J connectivity index is 1.61. The van der Waals surface area contributed by atoms with Gasteiger partial charge in [-0.3, -0.25) is 4.90 Å². The highest BCUT2D eigenvalue weighted by molar-refractivity contribution is 5.74. The molecule has 21 heavy (non-hydrogen) atoms. The lowest BCUT2D eigenvalue weighted by Crippen LogP contribution is -2.44. The van der Waals surface area contributed by atoms with Crippen LogP contribution in [-0.4, -0.2) is 36.6 Å². The highest BCUT2D eigenvalue weighted by Gasteiger charge is 2.25. The summed E-state index contributed by atoms with van der Waals surface area (Å²) in [5.41, 5.74) is 1.30. The van der Waals surface area contributed by atoms with Crippen molar-refractivity contribution < 1.29 is 4.79 Å². The summed E-state index contributed by atoms with van der Waals surface area (Å²) < 4.78 is 0. The molecule has 1 aromatic rings. The normalized spacial score (nSPS) is 20.8. The van der Waals surface area contributed by atoms with Crippen LogP contribution in [0, 0.1) is 0 Å². The Bertz CT molecular complexity index is 452. The quantitative estimate of drug-likeness (QED) is 0.874. The van der Waals surface area contributed by atoms with E-state index in [-0.39, 0.29) is 12.1 Å². The number of hydrogen-bond donors (Lipinski definition) is 2. The van der Waals surface area contributed by atoms with Gasteiger partial charge in [0.25, 0.3) is 0 Å². The second kappa shape index (κ2) is 6.94. The predicted molar refractivity (Wildman–Crippen MR) is 84.2 cm³/mol. The average molecular weight is 287 g/mol. The molecular formula is C17H25N3O. The van der Waals surface area contributed by atoms with E-state index in [9.17, 15) is 4.79 Å². The molecule has 0 aromatic heterocycles. The minimum absolute atomic E-state index is 0.0181. The summed E-state index contributed by atoms with van der Waals surface area (Å²) in [6.45, 7) is 2.94. The van der Waals surface area contributed by atoms with E-state index >= 15 is 0 Å². The summed E-state index contributed by atoms with van der Waals surface area (Å²) in [5, 5.41) is 6.05. The van der Waals surface area contributed by atoms with Crippen LogP contribution in [0.4, 0.5) is 4.79 Å². The topological polar surface area (TPSA) is 44.4 Å². The largest absolute Gasteiger partial charge is 0.336 e. The molecule has 1 aromatic carbocycles. The van der Waals surface area contributed by atoms with Gasteiger partial charge in [-0.05, 0) is 44.3 Å². The predicted octanol–water partition coefficient (Wildman–Crippen LogP) is 2.68. The number of amides is 2. The number of nitrogens with one attached hydrogen (secondary N) is 2. The third-order valence-electron chi connectivity index (χ3n) is 4.38. The van der Waals surface area contributed by atoms with E-state index < -0.39 is 0 Å². The lowest BCUT2D eigenvalue weighted by atomic mass is 10.0. The third kappa shape index (κ3) is 4.21. The van der Waals surface area contributed by atoms with Crippen molar-refractivity contribution in [2.75, 3.05) is 19.6 Å². The fraction of sp³-hybridized carbons (Fsp3) is 0.588. The Morgan fingerprint density at radius 1 is 1.14 bits per heavy atom. The van der Waals surface area contributed by atoms with E-state index in [0.29, 0.717) is 12.6 Å². The standard InChI is InChI=1S/C17H25N3O/c21-17(19-15-9-10-15)18-13-16(14-7-3-1-4-8-14)20-11-5-2-6-12-20/h1,3-4,7-8,15-16H,2,5-6,9-13H2,(H2,18,19,21). The van der Waals surface area contributed by atoms with Crippen LogP contribution in [-0.2, 0) is 0 Å². The molecule has 0 spiro atoms. The van der Waals surface area contributed by atoms with E-state index in [0.717, 1.165) is 25.9 Å². The highest BCUT2D eigenvalue weighted by Crippen LogP contribution is 2.24. The number of likely N-dealkylation sites (tertiary alicyclic amines) is 1. The first-order chi connectivity index (χ1) is 10.3. The van der Waals surface area contributed by atoms with Gasteiger partial charge in [0.2, 0.25) is 0 Å². The van der Waals surface area contributed by atoms with E-state index in [4.69, 9.17) is 0 Å². The first-order valence-electron chi connectivity index (χ1n) is 8.16. The number of nitrogens with zero attached hydrogens (tertiary/aromatic N) is 1. The number of urea groups is 1. The van der Waals surface area contributed by atoms with E-state index in [1.54, 1.807) is 0 Å². The second-order valence-electron chi connectivity index (χ2n) is 6.15. The van der Waals surface area contributed by atoms with Crippen LogP contribution in [0.1, 0.15) is 43.7 Å². The number of carbonyl (C=O) groups is 1. The number of hydrogen-bond acceptors (Lipinski definition) is 2. The van der Waals surface area contributed by atoms with Gasteiger partial charge in [-0.15, -0.1) is 0 Å². The Morgan fingerprint density at radius 2 is 1.86 bits per heavy atom. The molecule has 0 bridgehead atoms. The maximum Gasteiger partial charge on any atom is 0.315 e. The van der Waals surface area contributed by atoms with Gasteiger partial charge in [0.05, 0.1) is 6.04 Å². The Labute approximate surface area is 126 Å². The number of carbonyl (C=O) groups excluding carboxylic acids is 1. The second-order valence-corrected chi connectivity index (χ2v) is 6.15. The zero-order valence-electron chi connectivity index (χ0n) is 12.6. The molecule has 1 saturated heterocycles. The molecule has 2 aliphatic rings. The van der Waals surface area contributed by atoms with Gasteiger partial charge in [-0.25, -0.2) is 4.79 Å². The fourth-order valence-electron chi connectivity index (χ4n) is 3.02. The fourth-order valence-corrected chi connectivity index (χ4v) is 3.02. The van der Waals surface area contributed by atoms with Crippen molar-refractivity contribution in [2.45, 2.75) is 44.2 Å². The molecule has 2 N–H and O–H groups in total. The SMILES string of the molecule is O=C(NCC(c1ccccc1)N1CCCCC1)NC1CC1. The van der Waals surface area contributed by atoms with E-state index in [1.165, 1.54) is 24.8 Å². The summed E-state index contributed by atoms with van der Waals surface area (Å²) >= 11 is 0. The summed E-state index contributed by atoms with van der Waals surface area (Å²) in [6, 6.07) is 11.2. The Hall–Kier alpha value is -1.55. The summed E-state index contributed by atoms with van der Waals surface area (Å²) in [7, 11) is 0. The Morgan fingerprint density at radius 3 is 2.52 bits per heavy atom. The molecule has 1 saturated carbocycles. The zero-order valence-corrected chi connectivity index (χ0v) is 12.6. The van der Waals surface area contributed by atoms with Gasteiger partial charge in [-0.1, -0.05) is 36.8 Å². The van der Waals surface area contributed by atoms with Crippen molar-refractivity contribution in [3.05, 3.63) is 35.9 Å². The molecule has 4 nitrogen and oxygen atoms in total. The van der Waals surface area contributed by atoms with Crippen LogP contribution in [0.5, 0.6) is 0 Å². The van der Waals surface area contributed by atoms with Gasteiger partial charge in [0.15, 0.2) is 0 Å². The third-order valence-corrected chi connectivity index (χ3v) is 4.38. The number of benzene rings is 1. The van der Waals surface area contributed by atoms with Gasteiger partial charge in [-0.2, -0.15) is 0 Å². The smallest absolute Gasteiger partial charge is 0.315 e. The molecule has 3 rings (SSSR count). The lowest BCUT2D eigenvalue weighted by molar-refractivity contribution is 0.160. The molecule has 114 valence electrons. The molecule has 4 heteroatoms. The monoisotopic (exact) mass is 287 g/mol. The van der Waals surface area contributed by atoms with Gasteiger partial charge in [0, 0.05) is 12.6 Å². The van der Waals surface area contributed by atoms with Gasteiger partial charge < -0.3 is 10.6 Å². The summed E-state index contributed by atoms with van der Waals surface area (Å²) in [5.74, 6) is 0. The minimum atomic E-state index is -0.0181. The molecule has 2 amide bonds.